The lowest BCUT2D eigenvalue weighted by atomic mass is 10.5. The summed E-state index contributed by atoms with van der Waals surface area (Å²) in [5.74, 6) is -0.249. The average molecular weight is 249 g/mol. The normalized spacial score (nSPS) is 13.2. The van der Waals surface area contributed by atoms with Gasteiger partial charge in [-0.25, -0.2) is 0 Å². The molecule has 1 atom stereocenters. The van der Waals surface area contributed by atoms with E-state index in [0.29, 0.717) is 19.3 Å². The van der Waals surface area contributed by atoms with Crippen LogP contribution in [0.2, 0.25) is 0 Å². The summed E-state index contributed by atoms with van der Waals surface area (Å²) in [5.41, 5.74) is 0. The van der Waals surface area contributed by atoms with Gasteiger partial charge in [0.15, 0.2) is 8.03 Å². The fourth-order valence-corrected chi connectivity index (χ4v) is 1.66. The third-order valence-electron chi connectivity index (χ3n) is 1.84. The van der Waals surface area contributed by atoms with E-state index < -0.39 is 8.03 Å². The van der Waals surface area contributed by atoms with E-state index in [4.69, 9.17) is 4.52 Å². The quantitative estimate of drug-likeness (QED) is 0.387. The second-order valence-corrected chi connectivity index (χ2v) is 6.01. The van der Waals surface area contributed by atoms with Gasteiger partial charge in [0.25, 0.3) is 0 Å². The molecule has 0 spiro atoms. The monoisotopic (exact) mass is 249 g/mol. The molecule has 1 N–H and O–H groups in total. The topological polar surface area (TPSA) is 55.4 Å². The molecule has 1 amide bonds. The van der Waals surface area contributed by atoms with Gasteiger partial charge >= 0.3 is 0 Å². The van der Waals surface area contributed by atoms with Crippen LogP contribution in [0.4, 0.5) is 0 Å². The van der Waals surface area contributed by atoms with E-state index in [0.717, 1.165) is 11.0 Å². The molecule has 0 rings (SSSR count). The number of quaternary nitrogens is 1. The van der Waals surface area contributed by atoms with Crippen LogP contribution in [0.5, 0.6) is 0 Å². The van der Waals surface area contributed by atoms with Crippen LogP contribution in [-0.2, 0) is 13.9 Å². The number of hydrogen-bond donors (Lipinski definition) is 1. The Morgan fingerprint density at radius 3 is 2.62 bits per heavy atom. The van der Waals surface area contributed by atoms with Crippen LogP contribution in [0.1, 0.15) is 0 Å². The lowest BCUT2D eigenvalue weighted by molar-refractivity contribution is -0.870. The Bertz CT molecular complexity index is 261. The van der Waals surface area contributed by atoms with Gasteiger partial charge in [0.05, 0.1) is 21.1 Å². The fraction of sp³-hybridized carbons (Fsp3) is 0.700. The molecule has 0 aliphatic rings. The van der Waals surface area contributed by atoms with Crippen LogP contribution in [0, 0.1) is 0 Å². The Labute approximate surface area is 97.9 Å². The van der Waals surface area contributed by atoms with Crippen molar-refractivity contribution in [2.45, 2.75) is 0 Å². The molecule has 0 saturated carbocycles. The maximum atomic E-state index is 11.4. The maximum Gasteiger partial charge on any atom is 0.243 e. The Balaban J connectivity index is 3.53. The van der Waals surface area contributed by atoms with E-state index in [1.54, 1.807) is 0 Å². The number of amides is 1. The first-order valence-electron chi connectivity index (χ1n) is 5.21. The molecule has 0 bridgehead atoms. The molecule has 0 radical (unpaired) electrons. The number of carbonyl (C=O) groups is 1. The predicted octanol–water partition coefficient (Wildman–Crippen LogP) is 0.486. The smallest absolute Gasteiger partial charge is 0.243 e. The lowest BCUT2D eigenvalue weighted by Crippen LogP contribution is -2.37. The van der Waals surface area contributed by atoms with Gasteiger partial charge in [-0.3, -0.25) is 9.36 Å². The van der Waals surface area contributed by atoms with Crippen LogP contribution in [0.25, 0.3) is 0 Å². The van der Waals surface area contributed by atoms with Gasteiger partial charge in [0.2, 0.25) is 5.91 Å². The molecule has 5 nitrogen and oxygen atoms in total. The molecule has 0 aliphatic carbocycles. The molecule has 16 heavy (non-hydrogen) atoms. The third kappa shape index (κ3) is 9.90. The second kappa shape index (κ2) is 7.60. The van der Waals surface area contributed by atoms with Gasteiger partial charge in [0.1, 0.15) is 13.2 Å². The summed E-state index contributed by atoms with van der Waals surface area (Å²) in [7, 11) is 4.12. The number of nitrogens with zero attached hydrogens (tertiary/aromatic N) is 1. The van der Waals surface area contributed by atoms with Crippen molar-refractivity contribution in [3.8, 4) is 0 Å². The zero-order valence-corrected chi connectivity index (χ0v) is 11.3. The van der Waals surface area contributed by atoms with Crippen molar-refractivity contribution in [2.75, 3.05) is 47.0 Å². The summed E-state index contributed by atoms with van der Waals surface area (Å²) < 4.78 is 17.3. The van der Waals surface area contributed by atoms with Crippen molar-refractivity contribution in [1.82, 2.24) is 5.32 Å². The fourth-order valence-electron chi connectivity index (χ4n) is 0.865. The minimum absolute atomic E-state index is 0.249. The summed E-state index contributed by atoms with van der Waals surface area (Å²) in [6.07, 6.45) is 1.57. The van der Waals surface area contributed by atoms with E-state index in [9.17, 15) is 9.36 Å². The van der Waals surface area contributed by atoms with Crippen molar-refractivity contribution < 1.29 is 18.4 Å². The van der Waals surface area contributed by atoms with Gasteiger partial charge in [-0.15, -0.1) is 0 Å². The van der Waals surface area contributed by atoms with Gasteiger partial charge < -0.3 is 14.3 Å². The number of hydrogen-bond acceptors (Lipinski definition) is 3. The first kappa shape index (κ1) is 15.4. The molecule has 1 unspecified atom stereocenters. The molecule has 0 saturated heterocycles. The van der Waals surface area contributed by atoms with Gasteiger partial charge in [-0.2, -0.15) is 0 Å². The number of nitrogens with one attached hydrogen (secondary N) is 1. The van der Waals surface area contributed by atoms with E-state index in [1.165, 1.54) is 6.08 Å². The molecule has 94 valence electrons. The van der Waals surface area contributed by atoms with E-state index in [2.05, 4.69) is 11.9 Å². The third-order valence-corrected chi connectivity index (χ3v) is 3.02. The molecule has 0 heterocycles. The number of carbonyl (C=O) groups excluding carboxylic acids is 1. The summed E-state index contributed by atoms with van der Waals surface area (Å²) in [4.78, 5) is 10.8. The summed E-state index contributed by atoms with van der Waals surface area (Å²) in [6.45, 7) is 4.99. The standard InChI is InChI=1S/C10H21N2O3P/c1-5-10(13)11-6-9-16(14)15-8-7-12(2,3)4/h5,16H,1,6-9H2,2-4H3/p+1. The van der Waals surface area contributed by atoms with Crippen molar-refractivity contribution in [3.05, 3.63) is 12.7 Å². The molecule has 0 fully saturated rings. The summed E-state index contributed by atoms with van der Waals surface area (Å²) in [6, 6.07) is 0. The zero-order valence-electron chi connectivity index (χ0n) is 10.3. The van der Waals surface area contributed by atoms with Gasteiger partial charge in [-0.05, 0) is 6.08 Å². The molecular formula is C10H22N2O3P+. The van der Waals surface area contributed by atoms with Crippen LogP contribution >= 0.6 is 8.03 Å². The Morgan fingerprint density at radius 1 is 1.50 bits per heavy atom. The van der Waals surface area contributed by atoms with Crippen molar-refractivity contribution in [3.63, 3.8) is 0 Å². The molecule has 6 heteroatoms. The molecule has 0 aromatic rings. The van der Waals surface area contributed by atoms with E-state index in [1.807, 2.05) is 21.1 Å². The first-order valence-corrected chi connectivity index (χ1v) is 6.74. The van der Waals surface area contributed by atoms with E-state index in [-0.39, 0.29) is 5.91 Å². The maximum absolute atomic E-state index is 11.4. The molecular weight excluding hydrogens is 227 g/mol. The zero-order chi connectivity index (χ0) is 12.6. The number of rotatable bonds is 8. The average Bonchev–Trinajstić information content (AvgIpc) is 2.15. The molecule has 0 aliphatic heterocycles. The lowest BCUT2D eigenvalue weighted by Gasteiger charge is -2.23. The van der Waals surface area contributed by atoms with Crippen molar-refractivity contribution in [2.24, 2.45) is 0 Å². The highest BCUT2D eigenvalue weighted by atomic mass is 31.1. The minimum atomic E-state index is -2.02. The van der Waals surface area contributed by atoms with Crippen LogP contribution < -0.4 is 5.32 Å². The van der Waals surface area contributed by atoms with Crippen LogP contribution in [0.3, 0.4) is 0 Å². The highest BCUT2D eigenvalue weighted by Gasteiger charge is 2.08. The highest BCUT2D eigenvalue weighted by molar-refractivity contribution is 7.39. The SMILES string of the molecule is C=CC(=O)NCC[PH](=O)OCC[N+](C)(C)C. The summed E-state index contributed by atoms with van der Waals surface area (Å²) in [5, 5.41) is 2.55. The van der Waals surface area contributed by atoms with Crippen molar-refractivity contribution >= 4 is 13.9 Å². The predicted molar refractivity (Wildman–Crippen MR) is 65.9 cm³/mol. The minimum Gasteiger partial charge on any atom is -0.352 e. The Hall–Kier alpha value is -0.640. The van der Waals surface area contributed by atoms with Crippen LogP contribution in [0.15, 0.2) is 12.7 Å². The Kier molecular flexibility index (Phi) is 7.30. The van der Waals surface area contributed by atoms with Gasteiger partial charge in [0, 0.05) is 12.7 Å². The Morgan fingerprint density at radius 2 is 2.12 bits per heavy atom. The largest absolute Gasteiger partial charge is 0.352 e. The molecule has 0 aromatic carbocycles. The van der Waals surface area contributed by atoms with E-state index >= 15 is 0 Å². The van der Waals surface area contributed by atoms with Crippen LogP contribution in [-0.4, -0.2) is 57.4 Å². The first-order chi connectivity index (χ1) is 7.35. The second-order valence-electron chi connectivity index (χ2n) is 4.48. The van der Waals surface area contributed by atoms with Gasteiger partial charge in [-0.1, -0.05) is 6.58 Å². The van der Waals surface area contributed by atoms with Crippen molar-refractivity contribution in [1.29, 1.82) is 0 Å². The summed E-state index contributed by atoms with van der Waals surface area (Å²) >= 11 is 0. The highest BCUT2D eigenvalue weighted by Crippen LogP contribution is 2.20. The molecule has 0 aromatic heterocycles. The number of likely N-dealkylation sites (N-methyl/N-ethyl adjacent to an activating group) is 1.